The standard InChI is InChI=1S/C23H29N5O4/c24-8-9-26-10-11-27(18(13-26)14-4-5-14)12-15-2-1-3-16-20(15)23(32)28(22(16)31)17-6-7-19(29)25-21(17)30/h1-3,14,17-18H,4-13,24H2,(H,25,29,30). The number of rotatable bonds is 6. The number of piperidine rings is 1. The van der Waals surface area contributed by atoms with Gasteiger partial charge in [-0.15, -0.1) is 0 Å². The van der Waals surface area contributed by atoms with Gasteiger partial charge in [0.25, 0.3) is 11.8 Å². The fraction of sp³-hybridized carbons (Fsp3) is 0.565. The SMILES string of the molecule is NCCN1CCN(Cc2cccc3c2C(=O)N(C2CCC(=O)NC2=O)C3=O)C(C2CC2)C1. The van der Waals surface area contributed by atoms with Gasteiger partial charge in [0, 0.05) is 51.7 Å². The molecule has 3 heterocycles. The van der Waals surface area contributed by atoms with Gasteiger partial charge in [-0.3, -0.25) is 39.2 Å². The molecule has 3 fully saturated rings. The number of carbonyl (C=O) groups excluding carboxylic acids is 4. The Morgan fingerprint density at radius 2 is 1.84 bits per heavy atom. The van der Waals surface area contributed by atoms with Crippen LogP contribution in [0.2, 0.25) is 0 Å². The molecule has 9 heteroatoms. The zero-order valence-electron chi connectivity index (χ0n) is 18.1. The minimum Gasteiger partial charge on any atom is -0.329 e. The van der Waals surface area contributed by atoms with Gasteiger partial charge >= 0.3 is 0 Å². The van der Waals surface area contributed by atoms with E-state index in [1.807, 2.05) is 12.1 Å². The van der Waals surface area contributed by atoms with Gasteiger partial charge in [0.1, 0.15) is 6.04 Å². The molecule has 2 unspecified atom stereocenters. The Morgan fingerprint density at radius 3 is 2.56 bits per heavy atom. The summed E-state index contributed by atoms with van der Waals surface area (Å²) in [4.78, 5) is 56.2. The lowest BCUT2D eigenvalue weighted by molar-refractivity contribution is -0.136. The number of imide groups is 2. The number of nitrogens with two attached hydrogens (primary N) is 1. The van der Waals surface area contributed by atoms with Crippen LogP contribution in [0.5, 0.6) is 0 Å². The summed E-state index contributed by atoms with van der Waals surface area (Å²) in [5.41, 5.74) is 7.34. The molecule has 3 N–H and O–H groups in total. The Morgan fingerprint density at radius 1 is 1.03 bits per heavy atom. The van der Waals surface area contributed by atoms with Gasteiger partial charge in [-0.25, -0.2) is 0 Å². The Labute approximate surface area is 186 Å². The lowest BCUT2D eigenvalue weighted by Crippen LogP contribution is -2.54. The van der Waals surface area contributed by atoms with Crippen LogP contribution in [0.1, 0.15) is 52.0 Å². The molecule has 1 aliphatic carbocycles. The van der Waals surface area contributed by atoms with Gasteiger partial charge in [-0.2, -0.15) is 0 Å². The van der Waals surface area contributed by atoms with Crippen LogP contribution in [0, 0.1) is 5.92 Å². The lowest BCUT2D eigenvalue weighted by atomic mass is 10.00. The van der Waals surface area contributed by atoms with Crippen LogP contribution in [-0.2, 0) is 16.1 Å². The van der Waals surface area contributed by atoms with Crippen molar-refractivity contribution in [2.45, 2.75) is 44.3 Å². The molecule has 1 aromatic carbocycles. The predicted molar refractivity (Wildman–Crippen MR) is 116 cm³/mol. The van der Waals surface area contributed by atoms with Gasteiger partial charge in [-0.05, 0) is 36.8 Å². The molecule has 0 bridgehead atoms. The zero-order chi connectivity index (χ0) is 22.4. The van der Waals surface area contributed by atoms with E-state index in [9.17, 15) is 19.2 Å². The maximum atomic E-state index is 13.4. The molecular weight excluding hydrogens is 410 g/mol. The van der Waals surface area contributed by atoms with Gasteiger partial charge in [0.15, 0.2) is 0 Å². The smallest absolute Gasteiger partial charge is 0.262 e. The lowest BCUT2D eigenvalue weighted by Gasteiger charge is -2.42. The fourth-order valence-corrected chi connectivity index (χ4v) is 5.35. The summed E-state index contributed by atoms with van der Waals surface area (Å²) in [5, 5.41) is 2.25. The Balaban J connectivity index is 1.38. The van der Waals surface area contributed by atoms with Crippen molar-refractivity contribution in [3.8, 4) is 0 Å². The highest BCUT2D eigenvalue weighted by Crippen LogP contribution is 2.38. The van der Waals surface area contributed by atoms with Crippen LogP contribution in [0.3, 0.4) is 0 Å². The molecule has 170 valence electrons. The van der Waals surface area contributed by atoms with Crippen molar-refractivity contribution in [1.82, 2.24) is 20.0 Å². The number of nitrogens with zero attached hydrogens (tertiary/aromatic N) is 3. The highest BCUT2D eigenvalue weighted by molar-refractivity contribution is 6.24. The van der Waals surface area contributed by atoms with Gasteiger partial charge in [0.05, 0.1) is 11.1 Å². The van der Waals surface area contributed by atoms with Gasteiger partial charge < -0.3 is 5.73 Å². The van der Waals surface area contributed by atoms with Crippen molar-refractivity contribution >= 4 is 23.6 Å². The van der Waals surface area contributed by atoms with E-state index in [-0.39, 0.29) is 18.7 Å². The first-order valence-electron chi connectivity index (χ1n) is 11.5. The van der Waals surface area contributed by atoms with E-state index in [1.54, 1.807) is 6.07 Å². The van der Waals surface area contributed by atoms with E-state index in [0.29, 0.717) is 36.2 Å². The summed E-state index contributed by atoms with van der Waals surface area (Å²) in [6, 6.07) is 4.86. The number of benzene rings is 1. The molecule has 0 radical (unpaired) electrons. The number of hydrogen-bond donors (Lipinski definition) is 2. The summed E-state index contributed by atoms with van der Waals surface area (Å²) in [7, 11) is 0. The average Bonchev–Trinajstić information content (AvgIpc) is 3.58. The molecule has 2 atom stereocenters. The van der Waals surface area contributed by atoms with Crippen LogP contribution in [0.4, 0.5) is 0 Å². The van der Waals surface area contributed by atoms with E-state index >= 15 is 0 Å². The molecule has 4 amide bonds. The number of hydrogen-bond acceptors (Lipinski definition) is 7. The molecule has 9 nitrogen and oxygen atoms in total. The summed E-state index contributed by atoms with van der Waals surface area (Å²) >= 11 is 0. The molecule has 0 aromatic heterocycles. The Bertz CT molecular complexity index is 975. The molecule has 5 rings (SSSR count). The number of fused-ring (bicyclic) bond motifs is 1. The number of nitrogens with one attached hydrogen (secondary N) is 1. The summed E-state index contributed by atoms with van der Waals surface area (Å²) in [6.07, 6.45) is 2.74. The highest BCUT2D eigenvalue weighted by Gasteiger charge is 2.46. The predicted octanol–water partition coefficient (Wildman–Crippen LogP) is -0.0573. The average molecular weight is 440 g/mol. The van der Waals surface area contributed by atoms with E-state index < -0.39 is 23.8 Å². The second-order valence-electron chi connectivity index (χ2n) is 9.25. The first-order chi connectivity index (χ1) is 15.5. The normalized spacial score (nSPS) is 27.1. The summed E-state index contributed by atoms with van der Waals surface area (Å²) < 4.78 is 0. The molecule has 2 saturated heterocycles. The van der Waals surface area contributed by atoms with Crippen molar-refractivity contribution in [2.75, 3.05) is 32.7 Å². The topological polar surface area (TPSA) is 116 Å². The summed E-state index contributed by atoms with van der Waals surface area (Å²) in [5.74, 6) is -1.16. The number of amides is 4. The molecule has 32 heavy (non-hydrogen) atoms. The van der Waals surface area contributed by atoms with E-state index in [0.717, 1.165) is 36.6 Å². The van der Waals surface area contributed by atoms with Crippen molar-refractivity contribution in [2.24, 2.45) is 11.7 Å². The van der Waals surface area contributed by atoms with Crippen molar-refractivity contribution in [3.63, 3.8) is 0 Å². The summed E-state index contributed by atoms with van der Waals surface area (Å²) in [6.45, 7) is 4.95. The van der Waals surface area contributed by atoms with Crippen LogP contribution in [0.25, 0.3) is 0 Å². The molecule has 3 aliphatic heterocycles. The third kappa shape index (κ3) is 3.74. The van der Waals surface area contributed by atoms with Gasteiger partial charge in [0.2, 0.25) is 11.8 Å². The number of carbonyl (C=O) groups is 4. The molecule has 0 spiro atoms. The second-order valence-corrected chi connectivity index (χ2v) is 9.25. The fourth-order valence-electron chi connectivity index (χ4n) is 5.35. The van der Waals surface area contributed by atoms with Crippen LogP contribution < -0.4 is 11.1 Å². The van der Waals surface area contributed by atoms with E-state index in [4.69, 9.17) is 5.73 Å². The maximum Gasteiger partial charge on any atom is 0.262 e. The van der Waals surface area contributed by atoms with E-state index in [2.05, 4.69) is 15.1 Å². The molecule has 1 aromatic rings. The maximum absolute atomic E-state index is 13.4. The van der Waals surface area contributed by atoms with Crippen molar-refractivity contribution in [1.29, 1.82) is 0 Å². The third-order valence-corrected chi connectivity index (χ3v) is 7.16. The minimum absolute atomic E-state index is 0.118. The second kappa shape index (κ2) is 8.38. The molecule has 1 saturated carbocycles. The Kier molecular flexibility index (Phi) is 5.56. The Hall–Kier alpha value is -2.62. The van der Waals surface area contributed by atoms with Crippen molar-refractivity contribution in [3.05, 3.63) is 34.9 Å². The molecular formula is C23H29N5O4. The highest BCUT2D eigenvalue weighted by atomic mass is 16.2. The van der Waals surface area contributed by atoms with Crippen LogP contribution >= 0.6 is 0 Å². The monoisotopic (exact) mass is 439 g/mol. The first kappa shape index (κ1) is 21.2. The minimum atomic E-state index is -0.938. The largest absolute Gasteiger partial charge is 0.329 e. The van der Waals surface area contributed by atoms with Crippen molar-refractivity contribution < 1.29 is 19.2 Å². The zero-order valence-corrected chi connectivity index (χ0v) is 18.1. The molecule has 4 aliphatic rings. The number of piperazine rings is 1. The van der Waals surface area contributed by atoms with Crippen LogP contribution in [-0.4, -0.2) is 83.1 Å². The third-order valence-electron chi connectivity index (χ3n) is 7.16. The van der Waals surface area contributed by atoms with E-state index in [1.165, 1.54) is 12.8 Å². The van der Waals surface area contributed by atoms with Gasteiger partial charge in [-0.1, -0.05) is 12.1 Å². The van der Waals surface area contributed by atoms with Crippen LogP contribution in [0.15, 0.2) is 18.2 Å². The first-order valence-corrected chi connectivity index (χ1v) is 11.5. The quantitative estimate of drug-likeness (QED) is 0.597.